The second-order valence-corrected chi connectivity index (χ2v) is 10.7. The molecule has 1 aromatic heterocycles. The minimum Gasteiger partial charge on any atom is -0.342 e. The van der Waals surface area contributed by atoms with Gasteiger partial charge in [0.05, 0.1) is 15.5 Å². The highest BCUT2D eigenvalue weighted by atomic mass is 35.5. The highest BCUT2D eigenvalue weighted by molar-refractivity contribution is 7.90. The van der Waals surface area contributed by atoms with Gasteiger partial charge in [0, 0.05) is 30.3 Å². The number of likely N-dealkylation sites (tertiary alicyclic amines) is 1. The number of carbonyl (C=O) groups excluding carboxylic acids is 2. The third-order valence-corrected chi connectivity index (χ3v) is 7.32. The van der Waals surface area contributed by atoms with E-state index in [4.69, 9.17) is 11.6 Å². The van der Waals surface area contributed by atoms with E-state index in [-0.39, 0.29) is 28.8 Å². The second-order valence-electron chi connectivity index (χ2n) is 8.32. The molecule has 1 aliphatic carbocycles. The van der Waals surface area contributed by atoms with Gasteiger partial charge in [-0.15, -0.1) is 0 Å². The highest BCUT2D eigenvalue weighted by Gasteiger charge is 2.56. The van der Waals surface area contributed by atoms with Crippen molar-refractivity contribution in [2.24, 2.45) is 5.92 Å². The van der Waals surface area contributed by atoms with Crippen LogP contribution in [-0.4, -0.2) is 54.9 Å². The molecule has 13 heteroatoms. The lowest BCUT2D eigenvalue weighted by molar-refractivity contribution is -0.127. The summed E-state index contributed by atoms with van der Waals surface area (Å²) in [6.07, 6.45) is 0.682. The number of nitrogens with zero attached hydrogens (tertiary/aromatic N) is 2. The second kappa shape index (κ2) is 8.81. The van der Waals surface area contributed by atoms with Gasteiger partial charge < -0.3 is 10.2 Å². The SMILES string of the molecule is CS(=O)(=O)c1cncc(C(=O)N2[C@@H](C(=O)NC(c3cc(F)c(Cl)cc3F)C(F)F)C[C@H]3C[C@H]32)c1. The summed E-state index contributed by atoms with van der Waals surface area (Å²) < 4.78 is 79.1. The molecule has 1 unspecified atom stereocenters. The Morgan fingerprint density at radius 1 is 1.15 bits per heavy atom. The number of pyridine rings is 1. The van der Waals surface area contributed by atoms with Crippen LogP contribution in [0.15, 0.2) is 35.5 Å². The number of hydrogen-bond donors (Lipinski definition) is 1. The van der Waals surface area contributed by atoms with Gasteiger partial charge in [-0.05, 0) is 37.0 Å². The summed E-state index contributed by atoms with van der Waals surface area (Å²) >= 11 is 5.48. The predicted octanol–water partition coefficient (Wildman–Crippen LogP) is 3.14. The highest BCUT2D eigenvalue weighted by Crippen LogP contribution is 2.48. The van der Waals surface area contributed by atoms with Crippen LogP contribution in [0.1, 0.15) is 34.8 Å². The van der Waals surface area contributed by atoms with Gasteiger partial charge in [-0.1, -0.05) is 11.6 Å². The van der Waals surface area contributed by atoms with Crippen LogP contribution in [0, 0.1) is 17.6 Å². The maximum absolute atomic E-state index is 14.2. The number of piperidine rings is 1. The zero-order valence-electron chi connectivity index (χ0n) is 17.5. The van der Waals surface area contributed by atoms with E-state index >= 15 is 0 Å². The van der Waals surface area contributed by atoms with Crippen molar-refractivity contribution in [1.82, 2.24) is 15.2 Å². The molecule has 1 saturated heterocycles. The Hall–Kier alpha value is -2.73. The third kappa shape index (κ3) is 4.61. The van der Waals surface area contributed by atoms with Crippen molar-refractivity contribution in [2.45, 2.75) is 42.3 Å². The molecule has 2 amide bonds. The minimum absolute atomic E-state index is 0.0273. The first-order chi connectivity index (χ1) is 15.9. The molecular formula is C21H18ClF4N3O4S. The normalized spacial score (nSPS) is 22.4. The quantitative estimate of drug-likeness (QED) is 0.467. The summed E-state index contributed by atoms with van der Waals surface area (Å²) in [6.45, 7) is 0. The Morgan fingerprint density at radius 2 is 1.85 bits per heavy atom. The Balaban J connectivity index is 1.59. The lowest BCUT2D eigenvalue weighted by Crippen LogP contribution is -2.49. The number of aromatic nitrogens is 1. The van der Waals surface area contributed by atoms with Gasteiger partial charge in [-0.3, -0.25) is 14.6 Å². The number of amides is 2. The minimum atomic E-state index is -3.65. The number of nitrogens with one attached hydrogen (secondary N) is 1. The van der Waals surface area contributed by atoms with Crippen LogP contribution in [0.5, 0.6) is 0 Å². The monoisotopic (exact) mass is 519 g/mol. The summed E-state index contributed by atoms with van der Waals surface area (Å²) in [5.41, 5.74) is -0.860. The van der Waals surface area contributed by atoms with E-state index < -0.39 is 62.4 Å². The van der Waals surface area contributed by atoms with E-state index in [2.05, 4.69) is 4.98 Å². The average molecular weight is 520 g/mol. The fourth-order valence-corrected chi connectivity index (χ4v) is 4.92. The molecule has 1 aromatic carbocycles. The number of halogens is 5. The molecule has 2 fully saturated rings. The standard InChI is InChI=1S/C21H18ClF4N3O4S/c1-34(32,33)11-2-10(7-27-8-11)21(31)29-16-3-9(16)4-17(29)20(30)28-18(19(25)26)12-5-15(24)13(22)6-14(12)23/h2,5-9,16-19H,3-4H2,1H3,(H,28,30)/t9-,16-,17-,18?/m1/s1. The predicted molar refractivity (Wildman–Crippen MR) is 112 cm³/mol. The first-order valence-electron chi connectivity index (χ1n) is 10.1. The van der Waals surface area contributed by atoms with E-state index in [1.54, 1.807) is 0 Å². The summed E-state index contributed by atoms with van der Waals surface area (Å²) in [5.74, 6) is -4.02. The van der Waals surface area contributed by atoms with E-state index in [0.717, 1.165) is 24.7 Å². The van der Waals surface area contributed by atoms with Gasteiger partial charge in [-0.2, -0.15) is 0 Å². The molecular weight excluding hydrogens is 502 g/mol. The fraction of sp³-hybridized carbons (Fsp3) is 0.381. The number of sulfone groups is 1. The lowest BCUT2D eigenvalue weighted by Gasteiger charge is -2.29. The van der Waals surface area contributed by atoms with Gasteiger partial charge in [0.15, 0.2) is 9.84 Å². The van der Waals surface area contributed by atoms with Gasteiger partial charge in [-0.25, -0.2) is 26.0 Å². The molecule has 34 heavy (non-hydrogen) atoms. The van der Waals surface area contributed by atoms with Crippen LogP contribution in [0.3, 0.4) is 0 Å². The van der Waals surface area contributed by atoms with Crippen molar-refractivity contribution in [3.05, 3.63) is 58.4 Å². The van der Waals surface area contributed by atoms with E-state index in [0.29, 0.717) is 18.6 Å². The molecule has 2 aromatic rings. The molecule has 0 radical (unpaired) electrons. The van der Waals surface area contributed by atoms with Crippen molar-refractivity contribution >= 4 is 33.3 Å². The van der Waals surface area contributed by atoms with Gasteiger partial charge >= 0.3 is 0 Å². The van der Waals surface area contributed by atoms with Crippen LogP contribution < -0.4 is 5.32 Å². The number of hydrogen-bond acceptors (Lipinski definition) is 5. The van der Waals surface area contributed by atoms with Crippen LogP contribution in [-0.2, 0) is 14.6 Å². The molecule has 7 nitrogen and oxygen atoms in total. The Labute approximate surface area is 197 Å². The van der Waals surface area contributed by atoms with Crippen LogP contribution in [0.2, 0.25) is 5.02 Å². The number of benzene rings is 1. The molecule has 182 valence electrons. The molecule has 0 spiro atoms. The van der Waals surface area contributed by atoms with Gasteiger partial charge in [0.25, 0.3) is 12.3 Å². The zero-order valence-corrected chi connectivity index (χ0v) is 19.1. The maximum Gasteiger partial charge on any atom is 0.262 e. The average Bonchev–Trinajstić information content (AvgIpc) is 3.43. The van der Waals surface area contributed by atoms with Gasteiger partial charge in [0.1, 0.15) is 23.7 Å². The summed E-state index contributed by atoms with van der Waals surface area (Å²) in [7, 11) is -3.65. The Morgan fingerprint density at radius 3 is 2.50 bits per heavy atom. The van der Waals surface area contributed by atoms with Crippen molar-refractivity contribution in [1.29, 1.82) is 0 Å². The number of fused-ring (bicyclic) bond motifs is 1. The molecule has 1 saturated carbocycles. The summed E-state index contributed by atoms with van der Waals surface area (Å²) in [4.78, 5) is 30.9. The summed E-state index contributed by atoms with van der Waals surface area (Å²) in [5, 5.41) is 1.43. The number of carbonyl (C=O) groups is 2. The van der Waals surface area contributed by atoms with Crippen LogP contribution in [0.25, 0.3) is 0 Å². The molecule has 1 aliphatic heterocycles. The molecule has 0 bridgehead atoms. The van der Waals surface area contributed by atoms with Crippen molar-refractivity contribution in [3.8, 4) is 0 Å². The number of rotatable bonds is 6. The third-order valence-electron chi connectivity index (χ3n) is 5.95. The zero-order chi connectivity index (χ0) is 24.9. The van der Waals surface area contributed by atoms with E-state index in [9.17, 15) is 35.6 Å². The van der Waals surface area contributed by atoms with E-state index in [1.807, 2.05) is 5.32 Å². The molecule has 2 aliphatic rings. The topological polar surface area (TPSA) is 96.4 Å². The largest absolute Gasteiger partial charge is 0.342 e. The Kier molecular flexibility index (Phi) is 6.32. The lowest BCUT2D eigenvalue weighted by atomic mass is 10.0. The summed E-state index contributed by atoms with van der Waals surface area (Å²) in [6, 6.07) is -1.49. The van der Waals surface area contributed by atoms with Crippen molar-refractivity contribution in [3.63, 3.8) is 0 Å². The first kappa shape index (κ1) is 24.4. The molecule has 1 N–H and O–H groups in total. The molecule has 4 atom stereocenters. The van der Waals surface area contributed by atoms with Crippen molar-refractivity contribution < 1.29 is 35.6 Å². The van der Waals surface area contributed by atoms with Crippen LogP contribution in [0.4, 0.5) is 17.6 Å². The maximum atomic E-state index is 14.2. The molecule has 2 heterocycles. The van der Waals surface area contributed by atoms with Crippen molar-refractivity contribution in [2.75, 3.05) is 6.26 Å². The van der Waals surface area contributed by atoms with Crippen LogP contribution >= 0.6 is 11.6 Å². The van der Waals surface area contributed by atoms with Gasteiger partial charge in [0.2, 0.25) is 5.91 Å². The fourth-order valence-electron chi connectivity index (χ4n) is 4.17. The first-order valence-corrected chi connectivity index (χ1v) is 12.4. The number of alkyl halides is 2. The Bertz CT molecular complexity index is 1280. The smallest absolute Gasteiger partial charge is 0.262 e. The molecule has 4 rings (SSSR count). The van der Waals surface area contributed by atoms with E-state index in [1.165, 1.54) is 4.90 Å².